The van der Waals surface area contributed by atoms with Gasteiger partial charge in [-0.05, 0) is 51.1 Å². The molecule has 2 nitrogen and oxygen atoms in total. The highest BCUT2D eigenvalue weighted by atomic mass is 15.2. The van der Waals surface area contributed by atoms with Gasteiger partial charge in [0.15, 0.2) is 0 Å². The molecule has 1 aliphatic carbocycles. The van der Waals surface area contributed by atoms with Crippen molar-refractivity contribution in [2.24, 2.45) is 11.8 Å². The molecule has 2 aliphatic rings. The van der Waals surface area contributed by atoms with E-state index in [4.69, 9.17) is 0 Å². The quantitative estimate of drug-likeness (QED) is 0.755. The van der Waals surface area contributed by atoms with Gasteiger partial charge in [-0.2, -0.15) is 5.26 Å². The fourth-order valence-corrected chi connectivity index (χ4v) is 4.06. The van der Waals surface area contributed by atoms with Crippen molar-refractivity contribution in [3.63, 3.8) is 0 Å². The lowest BCUT2D eigenvalue weighted by Gasteiger charge is -2.41. The third-order valence-electron chi connectivity index (χ3n) is 5.15. The number of nitrogens with zero attached hydrogens (tertiary/aromatic N) is 2. The Morgan fingerprint density at radius 3 is 2.37 bits per heavy atom. The summed E-state index contributed by atoms with van der Waals surface area (Å²) in [4.78, 5) is 2.68. The van der Waals surface area contributed by atoms with Crippen molar-refractivity contribution < 1.29 is 0 Å². The topological polar surface area (TPSA) is 27.0 Å². The van der Waals surface area contributed by atoms with Gasteiger partial charge in [0.05, 0.1) is 12.0 Å². The van der Waals surface area contributed by atoms with Crippen LogP contribution in [0, 0.1) is 23.2 Å². The molecule has 0 bridgehead atoms. The molecule has 19 heavy (non-hydrogen) atoms. The molecule has 3 unspecified atom stereocenters. The number of rotatable bonds is 3. The molecule has 0 amide bonds. The van der Waals surface area contributed by atoms with Crippen LogP contribution < -0.4 is 0 Å². The van der Waals surface area contributed by atoms with Crippen molar-refractivity contribution in [2.75, 3.05) is 13.1 Å². The first-order valence-corrected chi connectivity index (χ1v) is 8.48. The first-order valence-electron chi connectivity index (χ1n) is 8.48. The molecule has 108 valence electrons. The molecule has 1 heterocycles. The molecule has 1 aliphatic heterocycles. The number of likely N-dealkylation sites (tertiary alicyclic amines) is 1. The summed E-state index contributed by atoms with van der Waals surface area (Å²) >= 11 is 0. The summed E-state index contributed by atoms with van der Waals surface area (Å²) in [6.07, 6.45) is 13.2. The maximum absolute atomic E-state index is 9.46. The monoisotopic (exact) mass is 262 g/mol. The second-order valence-electron chi connectivity index (χ2n) is 6.57. The summed E-state index contributed by atoms with van der Waals surface area (Å²) in [6, 6.07) is 3.17. The van der Waals surface area contributed by atoms with Gasteiger partial charge in [-0.3, -0.25) is 4.90 Å². The van der Waals surface area contributed by atoms with Crippen molar-refractivity contribution in [2.45, 2.75) is 77.2 Å². The zero-order valence-corrected chi connectivity index (χ0v) is 12.6. The average Bonchev–Trinajstić information content (AvgIpc) is 2.39. The molecule has 3 atom stereocenters. The van der Waals surface area contributed by atoms with Gasteiger partial charge < -0.3 is 0 Å². The standard InChI is InChI=1S/C17H30N2/c1-2-8-15-9-10-16(14-18)17(13-15)19-11-6-4-3-5-7-12-19/h15-17H,2-13H2,1H3. The summed E-state index contributed by atoms with van der Waals surface area (Å²) < 4.78 is 0. The molecular weight excluding hydrogens is 232 g/mol. The fraction of sp³-hybridized carbons (Fsp3) is 0.941. The van der Waals surface area contributed by atoms with Crippen LogP contribution in [0.5, 0.6) is 0 Å². The summed E-state index contributed by atoms with van der Waals surface area (Å²) in [5.74, 6) is 1.18. The lowest BCUT2D eigenvalue weighted by atomic mass is 9.76. The van der Waals surface area contributed by atoms with Gasteiger partial charge in [0.25, 0.3) is 0 Å². The van der Waals surface area contributed by atoms with E-state index < -0.39 is 0 Å². The van der Waals surface area contributed by atoms with E-state index in [1.807, 2.05) is 0 Å². The van der Waals surface area contributed by atoms with Crippen LogP contribution in [0.15, 0.2) is 0 Å². The van der Waals surface area contributed by atoms with Crippen LogP contribution in [0.3, 0.4) is 0 Å². The van der Waals surface area contributed by atoms with Crippen molar-refractivity contribution in [3.05, 3.63) is 0 Å². The van der Waals surface area contributed by atoms with Crippen LogP contribution >= 0.6 is 0 Å². The van der Waals surface area contributed by atoms with Crippen LogP contribution in [0.2, 0.25) is 0 Å². The highest BCUT2D eigenvalue weighted by Gasteiger charge is 2.33. The normalized spacial score (nSPS) is 34.2. The summed E-state index contributed by atoms with van der Waals surface area (Å²) in [5, 5.41) is 9.46. The summed E-state index contributed by atoms with van der Waals surface area (Å²) in [5.41, 5.74) is 0. The molecule has 1 saturated carbocycles. The van der Waals surface area contributed by atoms with Gasteiger partial charge in [0, 0.05) is 6.04 Å². The summed E-state index contributed by atoms with van der Waals surface area (Å²) in [6.45, 7) is 4.77. The largest absolute Gasteiger partial charge is 0.299 e. The molecule has 0 radical (unpaired) electrons. The minimum atomic E-state index is 0.299. The van der Waals surface area contributed by atoms with Crippen molar-refractivity contribution in [1.29, 1.82) is 5.26 Å². The molecular formula is C17H30N2. The fourth-order valence-electron chi connectivity index (χ4n) is 4.06. The maximum Gasteiger partial charge on any atom is 0.0672 e. The van der Waals surface area contributed by atoms with Crippen LogP contribution in [0.1, 0.15) is 71.1 Å². The Morgan fingerprint density at radius 2 is 1.74 bits per heavy atom. The van der Waals surface area contributed by atoms with E-state index in [2.05, 4.69) is 17.9 Å². The van der Waals surface area contributed by atoms with Crippen LogP contribution in [-0.4, -0.2) is 24.0 Å². The molecule has 1 saturated heterocycles. The van der Waals surface area contributed by atoms with Crippen molar-refractivity contribution >= 4 is 0 Å². The predicted molar refractivity (Wildman–Crippen MR) is 79.8 cm³/mol. The van der Waals surface area contributed by atoms with Crippen LogP contribution in [-0.2, 0) is 0 Å². The van der Waals surface area contributed by atoms with Crippen molar-refractivity contribution in [3.8, 4) is 6.07 Å². The van der Waals surface area contributed by atoms with E-state index in [9.17, 15) is 5.26 Å². The molecule has 0 aromatic carbocycles. The second-order valence-corrected chi connectivity index (χ2v) is 6.57. The molecule has 2 fully saturated rings. The van der Waals surface area contributed by atoms with Crippen molar-refractivity contribution in [1.82, 2.24) is 4.90 Å². The van der Waals surface area contributed by atoms with E-state index in [1.165, 1.54) is 70.9 Å². The number of hydrogen-bond acceptors (Lipinski definition) is 2. The Balaban J connectivity index is 1.97. The Bertz CT molecular complexity index is 286. The SMILES string of the molecule is CCCC1CCC(C#N)C(N2CCCCCCC2)C1. The smallest absolute Gasteiger partial charge is 0.0672 e. The Hall–Kier alpha value is -0.550. The van der Waals surface area contributed by atoms with Gasteiger partial charge in [-0.15, -0.1) is 0 Å². The zero-order chi connectivity index (χ0) is 13.5. The third kappa shape index (κ3) is 4.21. The first kappa shape index (κ1) is 14.9. The summed E-state index contributed by atoms with van der Waals surface area (Å²) in [7, 11) is 0. The highest BCUT2D eigenvalue weighted by molar-refractivity contribution is 4.97. The molecule has 0 N–H and O–H groups in total. The molecule has 0 spiro atoms. The minimum Gasteiger partial charge on any atom is -0.299 e. The van der Waals surface area contributed by atoms with Crippen LogP contribution in [0.4, 0.5) is 0 Å². The lowest BCUT2D eigenvalue weighted by Crippen LogP contribution is -2.45. The molecule has 2 rings (SSSR count). The van der Waals surface area contributed by atoms with Gasteiger partial charge in [0.1, 0.15) is 0 Å². The maximum atomic E-state index is 9.46. The second kappa shape index (κ2) is 7.90. The van der Waals surface area contributed by atoms with E-state index >= 15 is 0 Å². The molecule has 0 aromatic heterocycles. The predicted octanol–water partition coefficient (Wildman–Crippen LogP) is 4.36. The van der Waals surface area contributed by atoms with E-state index in [0.717, 1.165) is 12.3 Å². The minimum absolute atomic E-state index is 0.299. The number of hydrogen-bond donors (Lipinski definition) is 0. The Labute approximate surface area is 119 Å². The van der Waals surface area contributed by atoms with Gasteiger partial charge >= 0.3 is 0 Å². The van der Waals surface area contributed by atoms with Gasteiger partial charge in [-0.1, -0.05) is 39.0 Å². The van der Waals surface area contributed by atoms with Gasteiger partial charge in [0.2, 0.25) is 0 Å². The molecule has 0 aromatic rings. The van der Waals surface area contributed by atoms with E-state index in [1.54, 1.807) is 0 Å². The van der Waals surface area contributed by atoms with E-state index in [0.29, 0.717) is 12.0 Å². The highest BCUT2D eigenvalue weighted by Crippen LogP contribution is 2.35. The number of nitriles is 1. The Kier molecular flexibility index (Phi) is 6.17. The van der Waals surface area contributed by atoms with Gasteiger partial charge in [-0.25, -0.2) is 0 Å². The van der Waals surface area contributed by atoms with E-state index in [-0.39, 0.29) is 0 Å². The zero-order valence-electron chi connectivity index (χ0n) is 12.6. The average molecular weight is 262 g/mol. The molecule has 2 heteroatoms. The Morgan fingerprint density at radius 1 is 1.05 bits per heavy atom. The third-order valence-corrected chi connectivity index (χ3v) is 5.15. The van der Waals surface area contributed by atoms with Crippen LogP contribution in [0.25, 0.3) is 0 Å². The first-order chi connectivity index (χ1) is 9.35. The lowest BCUT2D eigenvalue weighted by molar-refractivity contribution is 0.0900.